The van der Waals surface area contributed by atoms with E-state index in [4.69, 9.17) is 0 Å². The van der Waals surface area contributed by atoms with E-state index in [0.29, 0.717) is 36.3 Å². The highest BCUT2D eigenvalue weighted by Gasteiger charge is 2.10. The van der Waals surface area contributed by atoms with Gasteiger partial charge >= 0.3 is 0 Å². The molecular formula is C16H21N5O. The number of anilines is 1. The molecule has 2 rings (SSSR count). The number of aryl methyl sites for hydroxylation is 1. The van der Waals surface area contributed by atoms with Crippen LogP contribution < -0.4 is 10.6 Å². The highest BCUT2D eigenvalue weighted by Crippen LogP contribution is 2.09. The van der Waals surface area contributed by atoms with Gasteiger partial charge in [-0.05, 0) is 30.5 Å². The van der Waals surface area contributed by atoms with Gasteiger partial charge in [-0.2, -0.15) is 0 Å². The fraction of sp³-hybridized carbons (Fsp3) is 0.375. The molecule has 0 saturated heterocycles. The van der Waals surface area contributed by atoms with Gasteiger partial charge in [0.15, 0.2) is 0 Å². The van der Waals surface area contributed by atoms with Crippen molar-refractivity contribution < 1.29 is 4.79 Å². The summed E-state index contributed by atoms with van der Waals surface area (Å²) in [6.45, 7) is 7.12. The first-order valence-electron chi connectivity index (χ1n) is 7.31. The van der Waals surface area contributed by atoms with Gasteiger partial charge in [-0.25, -0.2) is 9.97 Å². The van der Waals surface area contributed by atoms with Crippen molar-refractivity contribution in [1.82, 2.24) is 20.3 Å². The molecule has 0 saturated carbocycles. The van der Waals surface area contributed by atoms with Crippen LogP contribution in [0.3, 0.4) is 0 Å². The molecule has 1 amide bonds. The number of amides is 1. The van der Waals surface area contributed by atoms with E-state index in [1.54, 1.807) is 25.4 Å². The molecule has 0 fully saturated rings. The Kier molecular flexibility index (Phi) is 5.41. The second kappa shape index (κ2) is 7.49. The summed E-state index contributed by atoms with van der Waals surface area (Å²) in [6.07, 6.45) is 3.49. The van der Waals surface area contributed by atoms with Gasteiger partial charge in [0.2, 0.25) is 0 Å². The fourth-order valence-electron chi connectivity index (χ4n) is 1.86. The van der Waals surface area contributed by atoms with Crippen molar-refractivity contribution in [3.8, 4) is 0 Å². The zero-order valence-corrected chi connectivity index (χ0v) is 13.1. The van der Waals surface area contributed by atoms with Crippen molar-refractivity contribution in [1.29, 1.82) is 0 Å². The van der Waals surface area contributed by atoms with Gasteiger partial charge in [-0.3, -0.25) is 9.78 Å². The summed E-state index contributed by atoms with van der Waals surface area (Å²) in [4.78, 5) is 24.6. The van der Waals surface area contributed by atoms with Gasteiger partial charge in [0.05, 0.1) is 0 Å². The van der Waals surface area contributed by atoms with Gasteiger partial charge in [-0.1, -0.05) is 13.8 Å². The number of rotatable bonds is 6. The smallest absolute Gasteiger partial charge is 0.270 e. The highest BCUT2D eigenvalue weighted by atomic mass is 16.1. The fourth-order valence-corrected chi connectivity index (χ4v) is 1.86. The maximum atomic E-state index is 12.1. The molecule has 0 radical (unpaired) electrons. The lowest BCUT2D eigenvalue weighted by atomic mass is 10.2. The second-order valence-electron chi connectivity index (χ2n) is 5.50. The minimum atomic E-state index is -0.175. The summed E-state index contributed by atoms with van der Waals surface area (Å²) >= 11 is 0. The summed E-state index contributed by atoms with van der Waals surface area (Å²) in [7, 11) is 0. The van der Waals surface area contributed by atoms with E-state index in [1.807, 2.05) is 26.0 Å². The summed E-state index contributed by atoms with van der Waals surface area (Å²) < 4.78 is 0. The Morgan fingerprint density at radius 1 is 1.23 bits per heavy atom. The molecule has 0 aliphatic heterocycles. The van der Waals surface area contributed by atoms with Crippen LogP contribution in [0.4, 0.5) is 5.82 Å². The zero-order chi connectivity index (χ0) is 15.9. The van der Waals surface area contributed by atoms with Crippen LogP contribution in [-0.4, -0.2) is 27.4 Å². The molecule has 0 aliphatic rings. The van der Waals surface area contributed by atoms with Crippen LogP contribution in [0.25, 0.3) is 0 Å². The number of hydrogen-bond acceptors (Lipinski definition) is 5. The van der Waals surface area contributed by atoms with Gasteiger partial charge in [0.1, 0.15) is 17.3 Å². The van der Waals surface area contributed by atoms with Crippen molar-refractivity contribution in [2.24, 2.45) is 5.92 Å². The summed E-state index contributed by atoms with van der Waals surface area (Å²) in [5.41, 5.74) is 1.47. The normalized spacial score (nSPS) is 10.5. The summed E-state index contributed by atoms with van der Waals surface area (Å²) in [5, 5.41) is 6.06. The van der Waals surface area contributed by atoms with Crippen molar-refractivity contribution in [2.75, 3.05) is 11.9 Å². The monoisotopic (exact) mass is 299 g/mol. The number of carbonyl (C=O) groups excluding carboxylic acids is 1. The zero-order valence-electron chi connectivity index (χ0n) is 13.1. The molecule has 2 heterocycles. The predicted octanol–water partition coefficient (Wildman–Crippen LogP) is 2.18. The molecule has 0 aliphatic carbocycles. The Morgan fingerprint density at radius 3 is 2.64 bits per heavy atom. The molecule has 0 spiro atoms. The van der Waals surface area contributed by atoms with Crippen LogP contribution in [0.5, 0.6) is 0 Å². The predicted molar refractivity (Wildman–Crippen MR) is 85.5 cm³/mol. The topological polar surface area (TPSA) is 79.8 Å². The third-order valence-corrected chi connectivity index (χ3v) is 2.96. The first-order valence-corrected chi connectivity index (χ1v) is 7.31. The third-order valence-electron chi connectivity index (χ3n) is 2.96. The van der Waals surface area contributed by atoms with E-state index in [1.165, 1.54) is 0 Å². The van der Waals surface area contributed by atoms with Crippen LogP contribution in [0.1, 0.15) is 35.7 Å². The van der Waals surface area contributed by atoms with Crippen molar-refractivity contribution >= 4 is 11.7 Å². The molecule has 0 bridgehead atoms. The maximum Gasteiger partial charge on any atom is 0.270 e. The Bertz CT molecular complexity index is 628. The van der Waals surface area contributed by atoms with E-state index in [-0.39, 0.29) is 5.91 Å². The van der Waals surface area contributed by atoms with Crippen LogP contribution >= 0.6 is 0 Å². The molecule has 2 aromatic heterocycles. The lowest BCUT2D eigenvalue weighted by molar-refractivity contribution is 0.0943. The van der Waals surface area contributed by atoms with Crippen molar-refractivity contribution in [2.45, 2.75) is 27.3 Å². The number of hydrogen-bond donors (Lipinski definition) is 2. The molecule has 6 heteroatoms. The van der Waals surface area contributed by atoms with Gasteiger partial charge in [0, 0.05) is 31.5 Å². The second-order valence-corrected chi connectivity index (χ2v) is 5.50. The minimum Gasteiger partial charge on any atom is -0.366 e. The molecule has 6 nitrogen and oxygen atoms in total. The molecule has 116 valence electrons. The number of pyridine rings is 1. The van der Waals surface area contributed by atoms with Gasteiger partial charge in [0.25, 0.3) is 5.91 Å². The van der Waals surface area contributed by atoms with Crippen LogP contribution in [0.15, 0.2) is 30.6 Å². The molecular weight excluding hydrogens is 278 g/mol. The Labute approximate surface area is 130 Å². The van der Waals surface area contributed by atoms with Gasteiger partial charge in [-0.15, -0.1) is 0 Å². The highest BCUT2D eigenvalue weighted by molar-refractivity contribution is 5.92. The molecule has 0 atom stereocenters. The Morgan fingerprint density at radius 2 is 1.95 bits per heavy atom. The molecule has 2 N–H and O–H groups in total. The van der Waals surface area contributed by atoms with Crippen LogP contribution in [0.2, 0.25) is 0 Å². The minimum absolute atomic E-state index is 0.175. The summed E-state index contributed by atoms with van der Waals surface area (Å²) in [6, 6.07) is 5.53. The molecule has 22 heavy (non-hydrogen) atoms. The number of aromatic nitrogens is 3. The van der Waals surface area contributed by atoms with E-state index in [2.05, 4.69) is 25.6 Å². The number of carbonyl (C=O) groups is 1. The average Bonchev–Trinajstić information content (AvgIpc) is 2.51. The Hall–Kier alpha value is -2.50. The lowest BCUT2D eigenvalue weighted by Crippen LogP contribution is -2.28. The van der Waals surface area contributed by atoms with Crippen molar-refractivity contribution in [3.63, 3.8) is 0 Å². The van der Waals surface area contributed by atoms with Crippen LogP contribution in [-0.2, 0) is 6.54 Å². The van der Waals surface area contributed by atoms with E-state index < -0.39 is 0 Å². The molecule has 0 unspecified atom stereocenters. The first kappa shape index (κ1) is 15.9. The SMILES string of the molecule is Cc1nc(NCc2ccncc2)cc(C(=O)NCC(C)C)n1. The quantitative estimate of drug-likeness (QED) is 0.854. The lowest BCUT2D eigenvalue weighted by Gasteiger charge is -2.10. The third kappa shape index (κ3) is 4.80. The average molecular weight is 299 g/mol. The summed E-state index contributed by atoms with van der Waals surface area (Å²) in [5.74, 6) is 1.43. The van der Waals surface area contributed by atoms with E-state index in [0.717, 1.165) is 5.56 Å². The first-order chi connectivity index (χ1) is 10.5. The maximum absolute atomic E-state index is 12.1. The Balaban J connectivity index is 2.04. The molecule has 0 aromatic carbocycles. The van der Waals surface area contributed by atoms with Crippen molar-refractivity contribution in [3.05, 3.63) is 47.7 Å². The largest absolute Gasteiger partial charge is 0.366 e. The van der Waals surface area contributed by atoms with Crippen LogP contribution in [0, 0.1) is 12.8 Å². The molecule has 2 aromatic rings. The number of nitrogens with one attached hydrogen (secondary N) is 2. The van der Waals surface area contributed by atoms with E-state index >= 15 is 0 Å². The van der Waals surface area contributed by atoms with E-state index in [9.17, 15) is 4.79 Å². The van der Waals surface area contributed by atoms with Gasteiger partial charge < -0.3 is 10.6 Å². The standard InChI is InChI=1S/C16H21N5O/c1-11(2)9-19-16(22)14-8-15(21-12(3)20-14)18-10-13-4-6-17-7-5-13/h4-8,11H,9-10H2,1-3H3,(H,19,22)(H,18,20,21). The number of nitrogens with zero attached hydrogens (tertiary/aromatic N) is 3.